The summed E-state index contributed by atoms with van der Waals surface area (Å²) in [5.74, 6) is -0.0622. The van der Waals surface area contributed by atoms with E-state index in [1.165, 1.54) is 0 Å². The van der Waals surface area contributed by atoms with E-state index in [9.17, 15) is 9.59 Å². The van der Waals surface area contributed by atoms with Crippen LogP contribution in [0.2, 0.25) is 0 Å². The highest BCUT2D eigenvalue weighted by molar-refractivity contribution is 5.89. The van der Waals surface area contributed by atoms with E-state index in [1.54, 1.807) is 12.0 Å². The summed E-state index contributed by atoms with van der Waals surface area (Å²) in [5.41, 5.74) is 2.13. The molecule has 3 heterocycles. The quantitative estimate of drug-likeness (QED) is 0.786. The van der Waals surface area contributed by atoms with Crippen molar-refractivity contribution in [3.8, 4) is 0 Å². The van der Waals surface area contributed by atoms with Crippen LogP contribution in [-0.4, -0.2) is 71.3 Å². The van der Waals surface area contributed by atoms with Crippen molar-refractivity contribution in [3.05, 3.63) is 17.5 Å². The summed E-state index contributed by atoms with van der Waals surface area (Å²) in [5, 5.41) is 4.48. The maximum atomic E-state index is 12.5. The van der Waals surface area contributed by atoms with Crippen molar-refractivity contribution in [1.29, 1.82) is 0 Å². The van der Waals surface area contributed by atoms with Gasteiger partial charge in [0.25, 0.3) is 0 Å². The Morgan fingerprint density at radius 2 is 2.09 bits per heavy atom. The maximum Gasteiger partial charge on any atom is 0.228 e. The molecule has 7 nitrogen and oxygen atoms in total. The van der Waals surface area contributed by atoms with Crippen molar-refractivity contribution in [2.24, 2.45) is 5.92 Å². The first-order valence-corrected chi connectivity index (χ1v) is 8.08. The smallest absolute Gasteiger partial charge is 0.228 e. The third-order valence-corrected chi connectivity index (χ3v) is 4.69. The van der Waals surface area contributed by atoms with Crippen LogP contribution in [0.4, 0.5) is 0 Å². The van der Waals surface area contributed by atoms with Crippen LogP contribution >= 0.6 is 0 Å². The molecule has 0 N–H and O–H groups in total. The highest BCUT2D eigenvalue weighted by Crippen LogP contribution is 2.27. The van der Waals surface area contributed by atoms with E-state index in [-0.39, 0.29) is 23.8 Å². The maximum absolute atomic E-state index is 12.5. The lowest BCUT2D eigenvalue weighted by Crippen LogP contribution is -2.53. The standard InChI is InChI=1S/C16H24N4O3/c1-11-6-12(2)20(17-11)14-9-19(10-14)16(22)13-7-15(21)18(8-13)4-5-23-3/h6,13-14H,4-5,7-10H2,1-3H3. The summed E-state index contributed by atoms with van der Waals surface area (Å²) in [6.07, 6.45) is 0.323. The summed E-state index contributed by atoms with van der Waals surface area (Å²) in [7, 11) is 1.61. The molecule has 0 spiro atoms. The lowest BCUT2D eigenvalue weighted by atomic mass is 10.0. The van der Waals surface area contributed by atoms with Gasteiger partial charge in [0.15, 0.2) is 0 Å². The van der Waals surface area contributed by atoms with Crippen molar-refractivity contribution in [1.82, 2.24) is 19.6 Å². The summed E-state index contributed by atoms with van der Waals surface area (Å²) < 4.78 is 7.01. The van der Waals surface area contributed by atoms with Gasteiger partial charge in [-0.3, -0.25) is 14.3 Å². The zero-order valence-corrected chi connectivity index (χ0v) is 14.0. The van der Waals surface area contributed by atoms with Crippen molar-refractivity contribution in [2.75, 3.05) is 39.9 Å². The highest BCUT2D eigenvalue weighted by Gasteiger charge is 2.41. The third kappa shape index (κ3) is 3.10. The second-order valence-electron chi connectivity index (χ2n) is 6.50. The number of rotatable bonds is 5. The largest absolute Gasteiger partial charge is 0.383 e. The van der Waals surface area contributed by atoms with Gasteiger partial charge in [0.05, 0.1) is 24.3 Å². The molecule has 3 rings (SSSR count). The average Bonchev–Trinajstić information content (AvgIpc) is 2.98. The molecule has 2 saturated heterocycles. The number of ether oxygens (including phenoxy) is 1. The molecular weight excluding hydrogens is 296 g/mol. The predicted molar refractivity (Wildman–Crippen MR) is 83.9 cm³/mol. The molecule has 1 atom stereocenters. The monoisotopic (exact) mass is 320 g/mol. The van der Waals surface area contributed by atoms with Crippen molar-refractivity contribution in [2.45, 2.75) is 26.3 Å². The molecule has 126 valence electrons. The average molecular weight is 320 g/mol. The molecule has 1 unspecified atom stereocenters. The number of likely N-dealkylation sites (tertiary alicyclic amines) is 2. The number of hydrogen-bond donors (Lipinski definition) is 0. The fourth-order valence-corrected chi connectivity index (χ4v) is 3.42. The van der Waals surface area contributed by atoms with Crippen LogP contribution in [0.5, 0.6) is 0 Å². The van der Waals surface area contributed by atoms with Gasteiger partial charge in [-0.2, -0.15) is 5.10 Å². The Balaban J connectivity index is 1.53. The Morgan fingerprint density at radius 1 is 1.35 bits per heavy atom. The van der Waals surface area contributed by atoms with Crippen LogP contribution < -0.4 is 0 Å². The predicted octanol–water partition coefficient (Wildman–Crippen LogP) is 0.378. The zero-order valence-electron chi connectivity index (χ0n) is 14.0. The van der Waals surface area contributed by atoms with Crippen molar-refractivity contribution >= 4 is 11.8 Å². The number of methoxy groups -OCH3 is 1. The Bertz CT molecular complexity index is 606. The fraction of sp³-hybridized carbons (Fsp3) is 0.688. The number of carbonyl (C=O) groups is 2. The normalized spacial score (nSPS) is 21.9. The van der Waals surface area contributed by atoms with Crippen LogP contribution in [0.1, 0.15) is 23.9 Å². The molecule has 2 aliphatic heterocycles. The minimum atomic E-state index is -0.208. The van der Waals surface area contributed by atoms with Gasteiger partial charge in [-0.25, -0.2) is 0 Å². The SMILES string of the molecule is COCCN1CC(C(=O)N2CC(n3nc(C)cc3C)C2)CC1=O. The molecule has 0 aliphatic carbocycles. The number of carbonyl (C=O) groups excluding carboxylic acids is 2. The molecular formula is C16H24N4O3. The third-order valence-electron chi connectivity index (χ3n) is 4.69. The van der Waals surface area contributed by atoms with E-state index in [0.717, 1.165) is 11.4 Å². The van der Waals surface area contributed by atoms with Gasteiger partial charge >= 0.3 is 0 Å². The molecule has 0 aromatic carbocycles. The van der Waals surface area contributed by atoms with Gasteiger partial charge in [-0.05, 0) is 19.9 Å². The first-order valence-electron chi connectivity index (χ1n) is 8.08. The molecule has 2 aliphatic rings. The van der Waals surface area contributed by atoms with E-state index in [4.69, 9.17) is 4.74 Å². The van der Waals surface area contributed by atoms with E-state index in [1.807, 2.05) is 29.5 Å². The van der Waals surface area contributed by atoms with Crippen molar-refractivity contribution in [3.63, 3.8) is 0 Å². The topological polar surface area (TPSA) is 67.7 Å². The minimum Gasteiger partial charge on any atom is -0.383 e. The Hall–Kier alpha value is -1.89. The van der Waals surface area contributed by atoms with Gasteiger partial charge in [-0.1, -0.05) is 0 Å². The fourth-order valence-electron chi connectivity index (χ4n) is 3.42. The lowest BCUT2D eigenvalue weighted by molar-refractivity contribution is -0.141. The van der Waals surface area contributed by atoms with Crippen molar-refractivity contribution < 1.29 is 14.3 Å². The Kier molecular flexibility index (Phi) is 4.39. The molecule has 1 aromatic heterocycles. The number of nitrogens with zero attached hydrogens (tertiary/aromatic N) is 4. The Morgan fingerprint density at radius 3 is 2.70 bits per heavy atom. The number of amides is 2. The molecule has 7 heteroatoms. The van der Waals surface area contributed by atoms with E-state index >= 15 is 0 Å². The van der Waals surface area contributed by atoms with Gasteiger partial charge < -0.3 is 14.5 Å². The van der Waals surface area contributed by atoms with E-state index < -0.39 is 0 Å². The summed E-state index contributed by atoms with van der Waals surface area (Å²) in [6, 6.07) is 2.31. The van der Waals surface area contributed by atoms with Gasteiger partial charge in [0.1, 0.15) is 0 Å². The molecule has 0 saturated carbocycles. The first kappa shape index (κ1) is 16.0. The molecule has 0 bridgehead atoms. The van der Waals surface area contributed by atoms with Crippen LogP contribution in [0.3, 0.4) is 0 Å². The molecule has 2 amide bonds. The van der Waals surface area contributed by atoms with E-state index in [2.05, 4.69) is 5.10 Å². The van der Waals surface area contributed by atoms with Crippen LogP contribution in [0.25, 0.3) is 0 Å². The number of aromatic nitrogens is 2. The summed E-state index contributed by atoms with van der Waals surface area (Å²) >= 11 is 0. The van der Waals surface area contributed by atoms with Crippen LogP contribution in [0.15, 0.2) is 6.07 Å². The Labute approximate surface area is 136 Å². The first-order chi connectivity index (χ1) is 11.0. The number of aryl methyl sites for hydroxylation is 2. The molecule has 1 aromatic rings. The summed E-state index contributed by atoms with van der Waals surface area (Å²) in [4.78, 5) is 28.1. The highest BCUT2D eigenvalue weighted by atomic mass is 16.5. The van der Waals surface area contributed by atoms with E-state index in [0.29, 0.717) is 39.2 Å². The minimum absolute atomic E-state index is 0.0519. The summed E-state index contributed by atoms with van der Waals surface area (Å²) in [6.45, 7) is 6.97. The molecule has 2 fully saturated rings. The molecule has 0 radical (unpaired) electrons. The van der Waals surface area contributed by atoms with Gasteiger partial charge in [0.2, 0.25) is 11.8 Å². The molecule has 23 heavy (non-hydrogen) atoms. The second kappa shape index (κ2) is 6.31. The van der Waals surface area contributed by atoms with Crippen LogP contribution in [-0.2, 0) is 14.3 Å². The zero-order chi connectivity index (χ0) is 16.6. The second-order valence-corrected chi connectivity index (χ2v) is 6.50. The van der Waals surface area contributed by atoms with Crippen LogP contribution in [0, 0.1) is 19.8 Å². The van der Waals surface area contributed by atoms with Gasteiger partial charge in [-0.15, -0.1) is 0 Å². The van der Waals surface area contributed by atoms with Gasteiger partial charge in [0, 0.05) is 45.4 Å². The lowest BCUT2D eigenvalue weighted by Gasteiger charge is -2.41. The number of hydrogen-bond acceptors (Lipinski definition) is 4.